The molecule has 0 aliphatic carbocycles. The molecular formula is C21H31N5S. The Morgan fingerprint density at radius 3 is 2.67 bits per heavy atom. The zero-order valence-corrected chi connectivity index (χ0v) is 17.3. The highest BCUT2D eigenvalue weighted by molar-refractivity contribution is 7.11. The van der Waals surface area contributed by atoms with Crippen molar-refractivity contribution >= 4 is 23.1 Å². The molecule has 2 N–H and O–H groups in total. The van der Waals surface area contributed by atoms with E-state index in [1.165, 1.54) is 41.0 Å². The lowest BCUT2D eigenvalue weighted by Crippen LogP contribution is -2.36. The van der Waals surface area contributed by atoms with Gasteiger partial charge in [0.2, 0.25) is 0 Å². The molecule has 0 amide bonds. The minimum absolute atomic E-state index is 0.655. The zero-order valence-electron chi connectivity index (χ0n) is 16.5. The summed E-state index contributed by atoms with van der Waals surface area (Å²) in [6, 6.07) is 8.60. The van der Waals surface area contributed by atoms with E-state index in [9.17, 15) is 0 Å². The maximum Gasteiger partial charge on any atom is 0.191 e. The second-order valence-electron chi connectivity index (χ2n) is 6.98. The Morgan fingerprint density at radius 2 is 1.96 bits per heavy atom. The Labute approximate surface area is 166 Å². The topological polar surface area (TPSA) is 52.6 Å². The molecule has 6 heteroatoms. The number of aliphatic imine (C=N–C) groups is 1. The SMILES string of the molecule is CCNC(=NCc1ccnc(N2CCCCCC2)c1)NCc1ccc(C)s1. The van der Waals surface area contributed by atoms with Gasteiger partial charge in [0.25, 0.3) is 0 Å². The van der Waals surface area contributed by atoms with Crippen LogP contribution in [0.5, 0.6) is 0 Å². The Balaban J connectivity index is 1.61. The number of nitrogens with one attached hydrogen (secondary N) is 2. The standard InChI is InChI=1S/C21H31N5S/c1-3-22-21(25-16-19-9-8-17(2)27-19)24-15-18-10-11-23-20(14-18)26-12-6-4-5-7-13-26/h8-11,14H,3-7,12-13,15-16H2,1-2H3,(H2,22,24,25). The van der Waals surface area contributed by atoms with Gasteiger partial charge in [-0.25, -0.2) is 9.98 Å². The summed E-state index contributed by atoms with van der Waals surface area (Å²) in [4.78, 5) is 14.4. The van der Waals surface area contributed by atoms with Crippen molar-refractivity contribution < 1.29 is 0 Å². The first-order chi connectivity index (χ1) is 13.2. The molecule has 3 heterocycles. The lowest BCUT2D eigenvalue weighted by molar-refractivity contribution is 0.726. The molecule has 0 spiro atoms. The second-order valence-corrected chi connectivity index (χ2v) is 8.36. The van der Waals surface area contributed by atoms with Crippen LogP contribution in [0.1, 0.15) is 47.9 Å². The van der Waals surface area contributed by atoms with E-state index in [1.54, 1.807) is 0 Å². The van der Waals surface area contributed by atoms with Gasteiger partial charge in [0, 0.05) is 35.6 Å². The van der Waals surface area contributed by atoms with Crippen LogP contribution in [-0.4, -0.2) is 30.6 Å². The van der Waals surface area contributed by atoms with Crippen LogP contribution in [0.4, 0.5) is 5.82 Å². The van der Waals surface area contributed by atoms with Gasteiger partial charge in [0.1, 0.15) is 5.82 Å². The molecule has 2 aromatic rings. The highest BCUT2D eigenvalue weighted by Crippen LogP contribution is 2.18. The highest BCUT2D eigenvalue weighted by atomic mass is 32.1. The third-order valence-electron chi connectivity index (χ3n) is 4.73. The van der Waals surface area contributed by atoms with Gasteiger partial charge in [-0.3, -0.25) is 0 Å². The van der Waals surface area contributed by atoms with Gasteiger partial charge in [-0.05, 0) is 56.5 Å². The first-order valence-corrected chi connectivity index (χ1v) is 10.8. The zero-order chi connectivity index (χ0) is 18.9. The molecule has 1 saturated heterocycles. The van der Waals surface area contributed by atoms with E-state index in [-0.39, 0.29) is 0 Å². The molecule has 146 valence electrons. The van der Waals surface area contributed by atoms with Gasteiger partial charge in [0.15, 0.2) is 5.96 Å². The van der Waals surface area contributed by atoms with Gasteiger partial charge in [-0.1, -0.05) is 12.8 Å². The quantitative estimate of drug-likeness (QED) is 0.581. The largest absolute Gasteiger partial charge is 0.357 e. The molecule has 0 aromatic carbocycles. The van der Waals surface area contributed by atoms with Crippen molar-refractivity contribution in [1.29, 1.82) is 0 Å². The van der Waals surface area contributed by atoms with Crippen molar-refractivity contribution in [2.75, 3.05) is 24.5 Å². The van der Waals surface area contributed by atoms with E-state index < -0.39 is 0 Å². The average molecular weight is 386 g/mol. The number of thiophene rings is 1. The Hall–Kier alpha value is -2.08. The van der Waals surface area contributed by atoms with Crippen LogP contribution in [0.2, 0.25) is 0 Å². The smallest absolute Gasteiger partial charge is 0.191 e. The number of hydrogen-bond donors (Lipinski definition) is 2. The van der Waals surface area contributed by atoms with Gasteiger partial charge in [-0.2, -0.15) is 0 Å². The van der Waals surface area contributed by atoms with Crippen LogP contribution in [0, 0.1) is 6.92 Å². The van der Waals surface area contributed by atoms with Crippen LogP contribution in [0.3, 0.4) is 0 Å². The molecular weight excluding hydrogens is 354 g/mol. The third-order valence-corrected chi connectivity index (χ3v) is 5.73. The molecule has 0 saturated carbocycles. The molecule has 0 unspecified atom stereocenters. The molecule has 5 nitrogen and oxygen atoms in total. The van der Waals surface area contributed by atoms with E-state index in [0.717, 1.165) is 38.0 Å². The summed E-state index contributed by atoms with van der Waals surface area (Å²) < 4.78 is 0. The lowest BCUT2D eigenvalue weighted by atomic mass is 10.2. The molecule has 0 atom stereocenters. The van der Waals surface area contributed by atoms with E-state index >= 15 is 0 Å². The maximum atomic E-state index is 4.76. The summed E-state index contributed by atoms with van der Waals surface area (Å²) in [7, 11) is 0. The summed E-state index contributed by atoms with van der Waals surface area (Å²) >= 11 is 1.82. The van der Waals surface area contributed by atoms with E-state index in [4.69, 9.17) is 4.99 Å². The first kappa shape index (κ1) is 19.7. The number of anilines is 1. The van der Waals surface area contributed by atoms with Crippen LogP contribution in [0.25, 0.3) is 0 Å². The van der Waals surface area contributed by atoms with E-state index in [1.807, 2.05) is 17.5 Å². The molecule has 1 aliphatic rings. The predicted octanol–water partition coefficient (Wildman–Crippen LogP) is 4.09. The first-order valence-electron chi connectivity index (χ1n) is 10.0. The maximum absolute atomic E-state index is 4.76. The minimum atomic E-state index is 0.655. The van der Waals surface area contributed by atoms with Crippen LogP contribution < -0.4 is 15.5 Å². The van der Waals surface area contributed by atoms with Crippen molar-refractivity contribution in [3.63, 3.8) is 0 Å². The van der Waals surface area contributed by atoms with E-state index in [0.29, 0.717) is 6.54 Å². The molecule has 0 radical (unpaired) electrons. The van der Waals surface area contributed by atoms with Gasteiger partial charge >= 0.3 is 0 Å². The second kappa shape index (κ2) is 10.3. The number of rotatable bonds is 6. The summed E-state index contributed by atoms with van der Waals surface area (Å²) in [5, 5.41) is 6.76. The van der Waals surface area contributed by atoms with Crippen molar-refractivity contribution in [3.8, 4) is 0 Å². The number of nitrogens with zero attached hydrogens (tertiary/aromatic N) is 3. The Morgan fingerprint density at radius 1 is 1.15 bits per heavy atom. The van der Waals surface area contributed by atoms with Crippen molar-refractivity contribution in [2.24, 2.45) is 4.99 Å². The third kappa shape index (κ3) is 6.24. The molecule has 3 rings (SSSR count). The molecule has 1 aliphatic heterocycles. The summed E-state index contributed by atoms with van der Waals surface area (Å²) in [6.45, 7) is 8.77. The van der Waals surface area contributed by atoms with Crippen molar-refractivity contribution in [3.05, 3.63) is 45.8 Å². The van der Waals surface area contributed by atoms with Crippen LogP contribution in [0.15, 0.2) is 35.5 Å². The fourth-order valence-corrected chi connectivity index (χ4v) is 4.12. The highest BCUT2D eigenvalue weighted by Gasteiger charge is 2.11. The monoisotopic (exact) mass is 385 g/mol. The van der Waals surface area contributed by atoms with Gasteiger partial charge in [0.05, 0.1) is 13.1 Å². The number of hydrogen-bond acceptors (Lipinski definition) is 4. The van der Waals surface area contributed by atoms with Crippen LogP contribution >= 0.6 is 11.3 Å². The van der Waals surface area contributed by atoms with Crippen molar-refractivity contribution in [1.82, 2.24) is 15.6 Å². The number of aryl methyl sites for hydroxylation is 1. The predicted molar refractivity (Wildman–Crippen MR) is 116 cm³/mol. The van der Waals surface area contributed by atoms with Gasteiger partial charge < -0.3 is 15.5 Å². The fourth-order valence-electron chi connectivity index (χ4n) is 3.29. The summed E-state index contributed by atoms with van der Waals surface area (Å²) in [5.41, 5.74) is 1.20. The fraction of sp³-hybridized carbons (Fsp3) is 0.524. The Bertz CT molecular complexity index is 732. The molecule has 27 heavy (non-hydrogen) atoms. The van der Waals surface area contributed by atoms with Crippen molar-refractivity contribution in [2.45, 2.75) is 52.6 Å². The number of aromatic nitrogens is 1. The number of guanidine groups is 1. The van der Waals surface area contributed by atoms with Gasteiger partial charge in [-0.15, -0.1) is 11.3 Å². The molecule has 1 fully saturated rings. The molecule has 0 bridgehead atoms. The normalized spacial score (nSPS) is 15.5. The minimum Gasteiger partial charge on any atom is -0.357 e. The average Bonchev–Trinajstić information content (AvgIpc) is 2.93. The summed E-state index contributed by atoms with van der Waals surface area (Å²) in [5.74, 6) is 1.95. The molecule has 2 aromatic heterocycles. The van der Waals surface area contributed by atoms with E-state index in [2.05, 4.69) is 58.6 Å². The summed E-state index contributed by atoms with van der Waals surface area (Å²) in [6.07, 6.45) is 7.12. The Kier molecular flexibility index (Phi) is 7.51. The number of pyridine rings is 1. The lowest BCUT2D eigenvalue weighted by Gasteiger charge is -2.21. The van der Waals surface area contributed by atoms with Crippen LogP contribution in [-0.2, 0) is 13.1 Å².